The Morgan fingerprint density at radius 2 is 1.92 bits per heavy atom. The summed E-state index contributed by atoms with van der Waals surface area (Å²) in [6.45, 7) is 0.0186. The van der Waals surface area contributed by atoms with E-state index in [1.165, 1.54) is 11.3 Å². The Hall–Kier alpha value is -1.30. The molecule has 1 unspecified atom stereocenters. The number of carbonyl (C=O) groups excluding carboxylic acids is 1. The molecule has 0 saturated heterocycles. The third-order valence-corrected chi connectivity index (χ3v) is 5.76. The molecule has 0 bridgehead atoms. The third-order valence-electron chi connectivity index (χ3n) is 3.52. The van der Waals surface area contributed by atoms with Gasteiger partial charge in [0.1, 0.15) is 4.88 Å². The molecule has 0 fully saturated rings. The molecule has 0 radical (unpaired) electrons. The van der Waals surface area contributed by atoms with Crippen LogP contribution in [0.2, 0.25) is 15.1 Å². The van der Waals surface area contributed by atoms with Crippen molar-refractivity contribution in [3.8, 4) is 0 Å². The minimum Gasteiger partial charge on any atom is -0.387 e. The monoisotopic (exact) mass is 399 g/mol. The van der Waals surface area contributed by atoms with Crippen molar-refractivity contribution in [1.82, 2.24) is 5.32 Å². The zero-order valence-corrected chi connectivity index (χ0v) is 15.3. The lowest BCUT2D eigenvalue weighted by molar-refractivity contribution is 0.0920. The fourth-order valence-corrected chi connectivity index (χ4v) is 4.28. The molecule has 1 amide bonds. The number of carbonyl (C=O) groups is 1. The number of thiophene rings is 1. The second-order valence-corrected chi connectivity index (χ2v) is 7.41. The normalized spacial score (nSPS) is 12.3. The quantitative estimate of drug-likeness (QED) is 0.622. The molecule has 1 atom stereocenters. The Bertz CT molecular complexity index is 910. The summed E-state index contributed by atoms with van der Waals surface area (Å²) < 4.78 is 0.939. The summed E-state index contributed by atoms with van der Waals surface area (Å²) in [4.78, 5) is 12.8. The van der Waals surface area contributed by atoms with E-state index in [-0.39, 0.29) is 12.5 Å². The molecular formula is C17H12Cl3NO2S. The first kappa shape index (κ1) is 17.5. The summed E-state index contributed by atoms with van der Waals surface area (Å²) in [6, 6.07) is 12.4. The van der Waals surface area contributed by atoms with Crippen LogP contribution in [0.25, 0.3) is 10.1 Å². The molecule has 0 aliphatic carbocycles. The van der Waals surface area contributed by atoms with Crippen molar-refractivity contribution in [3.63, 3.8) is 0 Å². The SMILES string of the molecule is O=C(NCC(O)c1ccc(Cl)cc1Cl)c1sc2ccccc2c1Cl. The van der Waals surface area contributed by atoms with E-state index in [1.807, 2.05) is 24.3 Å². The molecule has 0 saturated carbocycles. The Labute approximate surface area is 157 Å². The Morgan fingerprint density at radius 3 is 2.62 bits per heavy atom. The minimum absolute atomic E-state index is 0.0186. The van der Waals surface area contributed by atoms with Crippen LogP contribution in [0.3, 0.4) is 0 Å². The average molecular weight is 401 g/mol. The molecule has 3 rings (SSSR count). The maximum absolute atomic E-state index is 12.4. The number of rotatable bonds is 4. The molecule has 24 heavy (non-hydrogen) atoms. The molecule has 0 aliphatic heterocycles. The summed E-state index contributed by atoms with van der Waals surface area (Å²) in [7, 11) is 0. The number of halogens is 3. The molecule has 1 aromatic heterocycles. The fraction of sp³-hybridized carbons (Fsp3) is 0.118. The number of amides is 1. The molecule has 2 N–H and O–H groups in total. The number of hydrogen-bond acceptors (Lipinski definition) is 3. The Morgan fingerprint density at radius 1 is 1.17 bits per heavy atom. The highest BCUT2D eigenvalue weighted by Gasteiger charge is 2.19. The first-order valence-electron chi connectivity index (χ1n) is 7.05. The van der Waals surface area contributed by atoms with Crippen LogP contribution in [0, 0.1) is 0 Å². The summed E-state index contributed by atoms with van der Waals surface area (Å²) in [5, 5.41) is 15.0. The van der Waals surface area contributed by atoms with Crippen molar-refractivity contribution < 1.29 is 9.90 Å². The zero-order chi connectivity index (χ0) is 17.3. The van der Waals surface area contributed by atoms with Crippen molar-refractivity contribution in [2.75, 3.05) is 6.54 Å². The van der Waals surface area contributed by atoms with Crippen LogP contribution in [0.15, 0.2) is 42.5 Å². The van der Waals surface area contributed by atoms with Gasteiger partial charge in [0.05, 0.1) is 11.1 Å². The lowest BCUT2D eigenvalue weighted by Crippen LogP contribution is -2.28. The number of benzene rings is 2. The van der Waals surface area contributed by atoms with Crippen LogP contribution in [-0.4, -0.2) is 17.6 Å². The molecule has 7 heteroatoms. The van der Waals surface area contributed by atoms with Gasteiger partial charge in [-0.05, 0) is 18.2 Å². The molecule has 0 aliphatic rings. The molecule has 124 valence electrons. The highest BCUT2D eigenvalue weighted by molar-refractivity contribution is 7.21. The number of aliphatic hydroxyl groups is 1. The molecule has 2 aromatic carbocycles. The van der Waals surface area contributed by atoms with Gasteiger partial charge in [0.25, 0.3) is 5.91 Å². The van der Waals surface area contributed by atoms with Gasteiger partial charge in [-0.1, -0.05) is 59.1 Å². The second kappa shape index (κ2) is 7.30. The first-order chi connectivity index (χ1) is 11.5. The first-order valence-corrected chi connectivity index (χ1v) is 9.00. The van der Waals surface area contributed by atoms with E-state index in [9.17, 15) is 9.90 Å². The van der Waals surface area contributed by atoms with Gasteiger partial charge in [-0.3, -0.25) is 4.79 Å². The molecule has 1 heterocycles. The second-order valence-electron chi connectivity index (χ2n) is 5.13. The standard InChI is InChI=1S/C17H12Cl3NO2S/c18-9-5-6-10(12(19)7-9)13(22)8-21-17(23)16-15(20)11-3-1-2-4-14(11)24-16/h1-7,13,22H,8H2,(H,21,23). The van der Waals surface area contributed by atoms with Crippen LogP contribution in [0.5, 0.6) is 0 Å². The van der Waals surface area contributed by atoms with Crippen molar-refractivity contribution in [1.29, 1.82) is 0 Å². The zero-order valence-electron chi connectivity index (χ0n) is 12.2. The fourth-order valence-electron chi connectivity index (χ4n) is 2.31. The molecule has 3 aromatic rings. The van der Waals surface area contributed by atoms with E-state index in [0.29, 0.717) is 25.5 Å². The number of nitrogens with one attached hydrogen (secondary N) is 1. The predicted octanol–water partition coefficient (Wildman–Crippen LogP) is 5.32. The van der Waals surface area contributed by atoms with Crippen molar-refractivity contribution >= 4 is 62.1 Å². The van der Waals surface area contributed by atoms with Crippen LogP contribution < -0.4 is 5.32 Å². The van der Waals surface area contributed by atoms with Gasteiger partial charge in [0, 0.05) is 32.2 Å². The maximum Gasteiger partial charge on any atom is 0.263 e. The van der Waals surface area contributed by atoms with Gasteiger partial charge in [-0.25, -0.2) is 0 Å². The highest BCUT2D eigenvalue weighted by Crippen LogP contribution is 2.35. The van der Waals surface area contributed by atoms with E-state index >= 15 is 0 Å². The van der Waals surface area contributed by atoms with E-state index in [4.69, 9.17) is 34.8 Å². The van der Waals surface area contributed by atoms with Gasteiger partial charge in [-0.15, -0.1) is 11.3 Å². The van der Waals surface area contributed by atoms with Crippen molar-refractivity contribution in [2.45, 2.75) is 6.10 Å². The van der Waals surface area contributed by atoms with Crippen molar-refractivity contribution in [2.24, 2.45) is 0 Å². The molecule has 3 nitrogen and oxygen atoms in total. The van der Waals surface area contributed by atoms with Gasteiger partial charge in [-0.2, -0.15) is 0 Å². The number of fused-ring (bicyclic) bond motifs is 1. The lowest BCUT2D eigenvalue weighted by Gasteiger charge is -2.13. The lowest BCUT2D eigenvalue weighted by atomic mass is 10.1. The summed E-state index contributed by atoms with van der Waals surface area (Å²) in [5.41, 5.74) is 0.504. The van der Waals surface area contributed by atoms with Gasteiger partial charge in [0.15, 0.2) is 0 Å². The minimum atomic E-state index is -0.938. The molecule has 0 spiro atoms. The van der Waals surface area contributed by atoms with E-state index in [1.54, 1.807) is 18.2 Å². The van der Waals surface area contributed by atoms with Crippen LogP contribution in [-0.2, 0) is 0 Å². The van der Waals surface area contributed by atoms with Gasteiger partial charge < -0.3 is 10.4 Å². The smallest absolute Gasteiger partial charge is 0.263 e. The van der Waals surface area contributed by atoms with Crippen LogP contribution in [0.4, 0.5) is 0 Å². The predicted molar refractivity (Wildman–Crippen MR) is 101 cm³/mol. The van der Waals surface area contributed by atoms with Gasteiger partial charge in [0.2, 0.25) is 0 Å². The van der Waals surface area contributed by atoms with Crippen LogP contribution >= 0.6 is 46.1 Å². The van der Waals surface area contributed by atoms with Crippen LogP contribution in [0.1, 0.15) is 21.3 Å². The average Bonchev–Trinajstić information content (AvgIpc) is 2.90. The number of aliphatic hydroxyl groups excluding tert-OH is 1. The summed E-state index contributed by atoms with van der Waals surface area (Å²) in [6.07, 6.45) is -0.938. The third kappa shape index (κ3) is 3.53. The topological polar surface area (TPSA) is 49.3 Å². The maximum atomic E-state index is 12.4. The summed E-state index contributed by atoms with van der Waals surface area (Å²) >= 11 is 19.5. The van der Waals surface area contributed by atoms with E-state index < -0.39 is 6.10 Å². The Kier molecular flexibility index (Phi) is 5.33. The van der Waals surface area contributed by atoms with E-state index in [2.05, 4.69) is 5.32 Å². The largest absolute Gasteiger partial charge is 0.387 e. The van der Waals surface area contributed by atoms with Gasteiger partial charge >= 0.3 is 0 Å². The number of hydrogen-bond donors (Lipinski definition) is 2. The highest BCUT2D eigenvalue weighted by atomic mass is 35.5. The van der Waals surface area contributed by atoms with Crippen molar-refractivity contribution in [3.05, 3.63) is 68.0 Å². The van der Waals surface area contributed by atoms with E-state index in [0.717, 1.165) is 10.1 Å². The summed E-state index contributed by atoms with van der Waals surface area (Å²) in [5.74, 6) is -0.328. The molecular weight excluding hydrogens is 389 g/mol. The Balaban J connectivity index is 1.73.